The highest BCUT2D eigenvalue weighted by atomic mass is 35.5. The van der Waals surface area contributed by atoms with Gasteiger partial charge in [-0.3, -0.25) is 9.20 Å². The lowest BCUT2D eigenvalue weighted by Crippen LogP contribution is -2.15. The number of hydrogen-bond donors (Lipinski definition) is 1. The number of nitrogens with zero attached hydrogens (tertiary/aromatic N) is 2. The number of benzene rings is 2. The minimum Gasteiger partial charge on any atom is -0.324 e. The SMILES string of the molecule is O=C(Cc1csc2nc(-c3ccccc3)cn12)Nc1ccc(Cl)cc1Cl. The number of fused-ring (bicyclic) bond motifs is 1. The van der Waals surface area contributed by atoms with Crippen molar-refractivity contribution in [3.63, 3.8) is 0 Å². The van der Waals surface area contributed by atoms with Gasteiger partial charge < -0.3 is 5.32 Å². The van der Waals surface area contributed by atoms with Crippen LogP contribution in [0.4, 0.5) is 5.69 Å². The van der Waals surface area contributed by atoms with Crippen molar-refractivity contribution in [2.45, 2.75) is 6.42 Å². The Morgan fingerprint density at radius 3 is 2.73 bits per heavy atom. The molecule has 4 rings (SSSR count). The van der Waals surface area contributed by atoms with Crippen molar-refractivity contribution in [2.75, 3.05) is 5.32 Å². The topological polar surface area (TPSA) is 46.4 Å². The summed E-state index contributed by atoms with van der Waals surface area (Å²) >= 11 is 13.5. The van der Waals surface area contributed by atoms with E-state index in [1.54, 1.807) is 18.2 Å². The van der Waals surface area contributed by atoms with E-state index < -0.39 is 0 Å². The smallest absolute Gasteiger partial charge is 0.230 e. The zero-order valence-electron chi connectivity index (χ0n) is 13.4. The van der Waals surface area contributed by atoms with E-state index >= 15 is 0 Å². The zero-order valence-corrected chi connectivity index (χ0v) is 15.8. The molecule has 0 saturated heterocycles. The Labute approximate surface area is 164 Å². The average Bonchev–Trinajstić information content (AvgIpc) is 3.20. The van der Waals surface area contributed by atoms with E-state index in [0.29, 0.717) is 15.7 Å². The highest BCUT2D eigenvalue weighted by Crippen LogP contribution is 2.26. The molecule has 4 aromatic rings. The van der Waals surface area contributed by atoms with Gasteiger partial charge in [-0.2, -0.15) is 0 Å². The largest absolute Gasteiger partial charge is 0.324 e. The highest BCUT2D eigenvalue weighted by Gasteiger charge is 2.13. The van der Waals surface area contributed by atoms with Crippen LogP contribution in [0.1, 0.15) is 5.69 Å². The van der Waals surface area contributed by atoms with Crippen LogP contribution >= 0.6 is 34.5 Å². The number of aromatic nitrogens is 2. The summed E-state index contributed by atoms with van der Waals surface area (Å²) in [6.45, 7) is 0. The van der Waals surface area contributed by atoms with E-state index in [2.05, 4.69) is 10.3 Å². The van der Waals surface area contributed by atoms with Gasteiger partial charge in [0, 0.05) is 27.9 Å². The number of carbonyl (C=O) groups is 1. The molecule has 0 saturated carbocycles. The van der Waals surface area contributed by atoms with Crippen LogP contribution in [0.3, 0.4) is 0 Å². The summed E-state index contributed by atoms with van der Waals surface area (Å²) in [4.78, 5) is 17.9. The first-order chi connectivity index (χ1) is 12.6. The Bertz CT molecular complexity index is 1090. The minimum absolute atomic E-state index is 0.149. The fourth-order valence-corrected chi connectivity index (χ4v) is 3.98. The van der Waals surface area contributed by atoms with Crippen LogP contribution in [0.25, 0.3) is 16.2 Å². The van der Waals surface area contributed by atoms with Crippen molar-refractivity contribution in [3.8, 4) is 11.3 Å². The molecule has 0 unspecified atom stereocenters. The summed E-state index contributed by atoms with van der Waals surface area (Å²) in [6, 6.07) is 14.9. The standard InChI is InChI=1S/C19H13Cl2N3OS/c20-13-6-7-16(15(21)8-13)22-18(25)9-14-11-26-19-23-17(10-24(14)19)12-4-2-1-3-5-12/h1-8,10-11H,9H2,(H,22,25). The maximum atomic E-state index is 12.4. The number of carbonyl (C=O) groups excluding carboxylic acids is 1. The van der Waals surface area contributed by atoms with Crippen LogP contribution in [0.2, 0.25) is 10.0 Å². The monoisotopic (exact) mass is 401 g/mol. The van der Waals surface area contributed by atoms with E-state index in [1.165, 1.54) is 11.3 Å². The highest BCUT2D eigenvalue weighted by molar-refractivity contribution is 7.15. The fraction of sp³-hybridized carbons (Fsp3) is 0.0526. The van der Waals surface area contributed by atoms with Gasteiger partial charge in [0.1, 0.15) is 0 Å². The Hall–Kier alpha value is -2.34. The molecule has 2 aromatic carbocycles. The maximum Gasteiger partial charge on any atom is 0.230 e. The first kappa shape index (κ1) is 17.1. The lowest BCUT2D eigenvalue weighted by Gasteiger charge is -2.07. The molecule has 130 valence electrons. The van der Waals surface area contributed by atoms with E-state index in [0.717, 1.165) is 21.9 Å². The van der Waals surface area contributed by atoms with Gasteiger partial charge in [0.05, 0.1) is 22.8 Å². The number of thiazole rings is 1. The quantitative estimate of drug-likeness (QED) is 0.487. The first-order valence-corrected chi connectivity index (χ1v) is 9.49. The predicted octanol–water partition coefficient (Wildman–Crippen LogP) is 5.55. The molecule has 0 aliphatic rings. The molecular weight excluding hydrogens is 389 g/mol. The van der Waals surface area contributed by atoms with Crippen molar-refractivity contribution in [3.05, 3.63) is 75.8 Å². The Morgan fingerprint density at radius 1 is 1.15 bits per heavy atom. The number of hydrogen-bond acceptors (Lipinski definition) is 3. The molecule has 0 fully saturated rings. The van der Waals surface area contributed by atoms with Crippen LogP contribution in [-0.2, 0) is 11.2 Å². The molecule has 4 nitrogen and oxygen atoms in total. The molecule has 1 amide bonds. The second-order valence-corrected chi connectivity index (χ2v) is 7.40. The lowest BCUT2D eigenvalue weighted by atomic mass is 10.2. The Kier molecular flexibility index (Phi) is 4.68. The predicted molar refractivity (Wildman–Crippen MR) is 107 cm³/mol. The number of rotatable bonds is 4. The summed E-state index contributed by atoms with van der Waals surface area (Å²) < 4.78 is 1.95. The van der Waals surface area contributed by atoms with Crippen molar-refractivity contribution < 1.29 is 4.79 Å². The minimum atomic E-state index is -0.149. The third-order valence-electron chi connectivity index (χ3n) is 3.90. The van der Waals surface area contributed by atoms with Crippen molar-refractivity contribution in [1.82, 2.24) is 9.38 Å². The second kappa shape index (κ2) is 7.11. The number of amides is 1. The van der Waals surface area contributed by atoms with Gasteiger partial charge in [-0.15, -0.1) is 11.3 Å². The molecule has 0 atom stereocenters. The van der Waals surface area contributed by atoms with Gasteiger partial charge in [-0.25, -0.2) is 4.98 Å². The Morgan fingerprint density at radius 2 is 1.96 bits per heavy atom. The van der Waals surface area contributed by atoms with E-state index in [4.69, 9.17) is 23.2 Å². The van der Waals surface area contributed by atoms with Crippen LogP contribution in [0.15, 0.2) is 60.1 Å². The summed E-state index contributed by atoms with van der Waals surface area (Å²) in [5.74, 6) is -0.149. The van der Waals surface area contributed by atoms with Gasteiger partial charge in [0.15, 0.2) is 4.96 Å². The fourth-order valence-electron chi connectivity index (χ4n) is 2.65. The number of anilines is 1. The maximum absolute atomic E-state index is 12.4. The third kappa shape index (κ3) is 3.46. The van der Waals surface area contributed by atoms with E-state index in [-0.39, 0.29) is 12.3 Å². The average molecular weight is 402 g/mol. The van der Waals surface area contributed by atoms with Crippen LogP contribution in [0.5, 0.6) is 0 Å². The summed E-state index contributed by atoms with van der Waals surface area (Å²) in [5, 5.41) is 5.70. The molecule has 1 N–H and O–H groups in total. The van der Waals surface area contributed by atoms with Crippen molar-refractivity contribution in [2.24, 2.45) is 0 Å². The summed E-state index contributed by atoms with van der Waals surface area (Å²) in [5.41, 5.74) is 3.36. The molecule has 2 aromatic heterocycles. The molecule has 0 aliphatic carbocycles. The molecule has 0 aliphatic heterocycles. The third-order valence-corrected chi connectivity index (χ3v) is 5.34. The molecule has 7 heteroatoms. The van der Waals surface area contributed by atoms with Gasteiger partial charge in [0.25, 0.3) is 0 Å². The van der Waals surface area contributed by atoms with Gasteiger partial charge in [-0.05, 0) is 18.2 Å². The van der Waals surface area contributed by atoms with Gasteiger partial charge in [-0.1, -0.05) is 53.5 Å². The van der Waals surface area contributed by atoms with Crippen LogP contribution in [-0.4, -0.2) is 15.3 Å². The van der Waals surface area contributed by atoms with Gasteiger partial charge in [0.2, 0.25) is 5.91 Å². The zero-order chi connectivity index (χ0) is 18.1. The van der Waals surface area contributed by atoms with Crippen molar-refractivity contribution >= 4 is 51.1 Å². The van der Waals surface area contributed by atoms with Crippen LogP contribution < -0.4 is 5.32 Å². The number of imidazole rings is 1. The molecule has 2 heterocycles. The number of nitrogens with one attached hydrogen (secondary N) is 1. The molecule has 0 bridgehead atoms. The van der Waals surface area contributed by atoms with Crippen molar-refractivity contribution in [1.29, 1.82) is 0 Å². The lowest BCUT2D eigenvalue weighted by molar-refractivity contribution is -0.115. The Balaban J connectivity index is 1.55. The normalized spacial score (nSPS) is 11.0. The van der Waals surface area contributed by atoms with Gasteiger partial charge >= 0.3 is 0 Å². The second-order valence-electron chi connectivity index (χ2n) is 5.72. The summed E-state index contributed by atoms with van der Waals surface area (Å²) in [7, 11) is 0. The van der Waals surface area contributed by atoms with Crippen LogP contribution in [0, 0.1) is 0 Å². The molecule has 0 radical (unpaired) electrons. The molecule has 0 spiro atoms. The molecule has 26 heavy (non-hydrogen) atoms. The number of halogens is 2. The summed E-state index contributed by atoms with van der Waals surface area (Å²) in [6.07, 6.45) is 2.18. The van der Waals surface area contributed by atoms with E-state index in [1.807, 2.05) is 46.3 Å². The molecular formula is C19H13Cl2N3OS. The van der Waals surface area contributed by atoms with E-state index in [9.17, 15) is 4.79 Å². The first-order valence-electron chi connectivity index (χ1n) is 7.86.